The largest absolute Gasteiger partial charge is 0.463 e. The fourth-order valence-corrected chi connectivity index (χ4v) is 4.42. The van der Waals surface area contributed by atoms with Gasteiger partial charge in [0.25, 0.3) is 5.91 Å². The van der Waals surface area contributed by atoms with Crippen molar-refractivity contribution >= 4 is 28.6 Å². The van der Waals surface area contributed by atoms with Crippen LogP contribution in [0.1, 0.15) is 22.8 Å². The Labute approximate surface area is 206 Å². The number of amides is 1. The van der Waals surface area contributed by atoms with Gasteiger partial charge >= 0.3 is 5.97 Å². The number of para-hydroxylation sites is 1. The van der Waals surface area contributed by atoms with E-state index in [-0.39, 0.29) is 11.5 Å². The molecule has 0 N–H and O–H groups in total. The predicted octanol–water partition coefficient (Wildman–Crippen LogP) is 5.28. The van der Waals surface area contributed by atoms with Crippen LogP contribution in [0, 0.1) is 0 Å². The molecule has 0 fully saturated rings. The average Bonchev–Trinajstić information content (AvgIpc) is 3.69. The van der Waals surface area contributed by atoms with E-state index < -0.39 is 12.1 Å². The third kappa shape index (κ3) is 3.82. The number of fused-ring (bicyclic) bond motifs is 2. The summed E-state index contributed by atoms with van der Waals surface area (Å²) in [6, 6.07) is 19.8. The molecule has 1 atom stereocenters. The van der Waals surface area contributed by atoms with E-state index in [1.165, 1.54) is 0 Å². The number of benzene rings is 2. The highest BCUT2D eigenvalue weighted by molar-refractivity contribution is 6.01. The lowest BCUT2D eigenvalue weighted by atomic mass is 10.1. The number of rotatable bonds is 5. The van der Waals surface area contributed by atoms with Crippen LogP contribution in [0.5, 0.6) is 0 Å². The second-order valence-electron chi connectivity index (χ2n) is 8.50. The summed E-state index contributed by atoms with van der Waals surface area (Å²) in [6.07, 6.45) is 2.96. The van der Waals surface area contributed by atoms with Crippen LogP contribution in [-0.4, -0.2) is 34.5 Å². The molecule has 1 amide bonds. The molecule has 178 valence electrons. The molecular weight excluding hydrogens is 458 g/mol. The molecule has 1 aliphatic rings. The first-order valence-corrected chi connectivity index (χ1v) is 11.6. The maximum atomic E-state index is 13.0. The van der Waals surface area contributed by atoms with Crippen molar-refractivity contribution in [2.45, 2.75) is 19.4 Å². The molecule has 4 heterocycles. The zero-order valence-corrected chi connectivity index (χ0v) is 19.4. The Morgan fingerprint density at radius 2 is 1.58 bits per heavy atom. The molecule has 5 aromatic rings. The Morgan fingerprint density at radius 3 is 2.28 bits per heavy atom. The van der Waals surface area contributed by atoms with Crippen LogP contribution in [0.4, 0.5) is 5.69 Å². The number of carbonyl (C=O) groups is 2. The lowest BCUT2D eigenvalue weighted by Crippen LogP contribution is -2.39. The molecule has 0 bridgehead atoms. The van der Waals surface area contributed by atoms with E-state index >= 15 is 0 Å². The van der Waals surface area contributed by atoms with Crippen LogP contribution < -0.4 is 4.90 Å². The molecule has 0 radical (unpaired) electrons. The number of anilines is 1. The minimum absolute atomic E-state index is 0.253. The number of hydrogen-bond donors (Lipinski definition) is 0. The second-order valence-corrected chi connectivity index (χ2v) is 8.50. The van der Waals surface area contributed by atoms with Gasteiger partial charge in [-0.15, -0.1) is 0 Å². The normalized spacial score (nSPS) is 13.5. The zero-order chi connectivity index (χ0) is 24.6. The first-order valence-electron chi connectivity index (χ1n) is 11.6. The monoisotopic (exact) mass is 479 g/mol. The van der Waals surface area contributed by atoms with Crippen molar-refractivity contribution in [1.29, 1.82) is 0 Å². The van der Waals surface area contributed by atoms with Gasteiger partial charge in [-0.25, -0.2) is 14.8 Å². The highest BCUT2D eigenvalue weighted by Gasteiger charge is 2.30. The van der Waals surface area contributed by atoms with Gasteiger partial charge in [-0.2, -0.15) is 0 Å². The summed E-state index contributed by atoms with van der Waals surface area (Å²) in [6.45, 7) is 2.16. The highest BCUT2D eigenvalue weighted by Crippen LogP contribution is 2.32. The molecular formula is C28H21N3O5. The predicted molar refractivity (Wildman–Crippen MR) is 132 cm³/mol. The molecule has 36 heavy (non-hydrogen) atoms. The number of furan rings is 2. The standard InChI is InChI=1S/C28H21N3O5/c1-17(27(32)31-13-12-18-6-2-3-7-22(18)31)36-28(33)19-10-11-20-21(16-19)30-26(24-9-5-15-35-24)25(29-20)23-8-4-14-34-23/h2-11,14-17H,12-13H2,1H3. The zero-order valence-electron chi connectivity index (χ0n) is 19.4. The summed E-state index contributed by atoms with van der Waals surface area (Å²) in [5, 5.41) is 0. The smallest absolute Gasteiger partial charge is 0.338 e. The Kier molecular flexibility index (Phi) is 5.33. The van der Waals surface area contributed by atoms with Gasteiger partial charge in [0, 0.05) is 12.2 Å². The van der Waals surface area contributed by atoms with Gasteiger partial charge in [-0.1, -0.05) is 18.2 Å². The molecule has 1 aliphatic heterocycles. The van der Waals surface area contributed by atoms with E-state index in [0.29, 0.717) is 40.5 Å². The third-order valence-electron chi connectivity index (χ3n) is 6.19. The quantitative estimate of drug-likeness (QED) is 0.316. The van der Waals surface area contributed by atoms with Crippen molar-refractivity contribution in [1.82, 2.24) is 9.97 Å². The molecule has 0 saturated heterocycles. The molecule has 8 heteroatoms. The molecule has 2 aromatic carbocycles. The fraction of sp³-hybridized carbons (Fsp3) is 0.143. The van der Waals surface area contributed by atoms with Gasteiger partial charge < -0.3 is 18.5 Å². The van der Waals surface area contributed by atoms with Gasteiger partial charge in [0.1, 0.15) is 11.4 Å². The van der Waals surface area contributed by atoms with Crippen LogP contribution in [-0.2, 0) is 16.0 Å². The van der Waals surface area contributed by atoms with Crippen molar-refractivity contribution in [3.63, 3.8) is 0 Å². The van der Waals surface area contributed by atoms with Crippen molar-refractivity contribution in [2.75, 3.05) is 11.4 Å². The van der Waals surface area contributed by atoms with Crippen molar-refractivity contribution in [3.8, 4) is 22.9 Å². The Morgan fingerprint density at radius 1 is 0.889 bits per heavy atom. The van der Waals surface area contributed by atoms with E-state index in [9.17, 15) is 9.59 Å². The molecule has 0 saturated carbocycles. The Balaban J connectivity index is 1.28. The first-order chi connectivity index (χ1) is 17.6. The fourth-order valence-electron chi connectivity index (χ4n) is 4.42. The van der Waals surface area contributed by atoms with E-state index in [0.717, 1.165) is 17.7 Å². The molecule has 6 rings (SSSR count). The molecule has 0 spiro atoms. The molecule has 1 unspecified atom stereocenters. The van der Waals surface area contributed by atoms with Crippen LogP contribution in [0.25, 0.3) is 33.9 Å². The summed E-state index contributed by atoms with van der Waals surface area (Å²) in [7, 11) is 0. The summed E-state index contributed by atoms with van der Waals surface area (Å²) in [5.41, 5.74) is 4.33. The lowest BCUT2D eigenvalue weighted by molar-refractivity contribution is -0.126. The summed E-state index contributed by atoms with van der Waals surface area (Å²) in [4.78, 5) is 37.1. The summed E-state index contributed by atoms with van der Waals surface area (Å²) in [5.74, 6) is 0.211. The number of esters is 1. The second kappa shape index (κ2) is 8.81. The van der Waals surface area contributed by atoms with E-state index in [1.54, 1.807) is 66.8 Å². The number of ether oxygens (including phenoxy) is 1. The maximum absolute atomic E-state index is 13.0. The Hall–Kier alpha value is -4.72. The van der Waals surface area contributed by atoms with Gasteiger partial charge in [0.15, 0.2) is 17.6 Å². The summed E-state index contributed by atoms with van der Waals surface area (Å²) < 4.78 is 16.7. The highest BCUT2D eigenvalue weighted by atomic mass is 16.5. The Bertz CT molecular complexity index is 1570. The van der Waals surface area contributed by atoms with Crippen molar-refractivity contribution < 1.29 is 23.2 Å². The van der Waals surface area contributed by atoms with E-state index in [4.69, 9.17) is 23.5 Å². The SMILES string of the molecule is CC(OC(=O)c1ccc2nc(-c3ccco3)c(-c3ccco3)nc2c1)C(=O)N1CCc2ccccc21. The topological polar surface area (TPSA) is 98.7 Å². The number of carbonyl (C=O) groups excluding carboxylic acids is 2. The summed E-state index contributed by atoms with van der Waals surface area (Å²) >= 11 is 0. The number of aromatic nitrogens is 2. The minimum atomic E-state index is -0.939. The van der Waals surface area contributed by atoms with Crippen LogP contribution in [0.2, 0.25) is 0 Å². The number of nitrogens with zero attached hydrogens (tertiary/aromatic N) is 3. The van der Waals surface area contributed by atoms with Crippen LogP contribution in [0.15, 0.2) is 88.1 Å². The number of hydrogen-bond acceptors (Lipinski definition) is 7. The molecule has 8 nitrogen and oxygen atoms in total. The minimum Gasteiger partial charge on any atom is -0.463 e. The molecule has 0 aliphatic carbocycles. The third-order valence-corrected chi connectivity index (χ3v) is 6.19. The van der Waals surface area contributed by atoms with Crippen LogP contribution in [0.3, 0.4) is 0 Å². The lowest BCUT2D eigenvalue weighted by Gasteiger charge is -2.21. The van der Waals surface area contributed by atoms with Gasteiger partial charge in [-0.3, -0.25) is 4.79 Å². The van der Waals surface area contributed by atoms with Gasteiger partial charge in [0.05, 0.1) is 29.1 Å². The molecule has 3 aromatic heterocycles. The maximum Gasteiger partial charge on any atom is 0.338 e. The van der Waals surface area contributed by atoms with E-state index in [2.05, 4.69) is 0 Å². The average molecular weight is 479 g/mol. The van der Waals surface area contributed by atoms with Gasteiger partial charge in [0.2, 0.25) is 0 Å². The van der Waals surface area contributed by atoms with Crippen LogP contribution >= 0.6 is 0 Å². The first kappa shape index (κ1) is 21.8. The van der Waals surface area contributed by atoms with E-state index in [1.807, 2.05) is 24.3 Å². The van der Waals surface area contributed by atoms with Gasteiger partial charge in [-0.05, 0) is 67.4 Å². The van der Waals surface area contributed by atoms with Crippen molar-refractivity contribution in [3.05, 3.63) is 90.4 Å². The van der Waals surface area contributed by atoms with Crippen molar-refractivity contribution in [2.24, 2.45) is 0 Å².